The Morgan fingerprint density at radius 1 is 1.19 bits per heavy atom. The molecule has 4 heteroatoms. The molecular weight excluding hydrogens is 245 g/mol. The van der Waals surface area contributed by atoms with Gasteiger partial charge in [0.15, 0.2) is 5.75 Å². The van der Waals surface area contributed by atoms with E-state index in [9.17, 15) is 5.11 Å². The third-order valence-corrected chi connectivity index (χ3v) is 3.10. The molecule has 1 aromatic carbocycles. The molecule has 0 saturated carbocycles. The normalized spacial score (nSPS) is 13.1. The lowest BCUT2D eigenvalue weighted by Gasteiger charge is -2.14. The van der Waals surface area contributed by atoms with Crippen molar-refractivity contribution < 1.29 is 5.11 Å². The fraction of sp³-hybridized carbons (Fsp3) is 0.500. The van der Waals surface area contributed by atoms with Crippen molar-refractivity contribution in [2.75, 3.05) is 0 Å². The first kappa shape index (κ1) is 13.6. The summed E-state index contributed by atoms with van der Waals surface area (Å²) in [6, 6.07) is 3.26. The van der Waals surface area contributed by atoms with Crippen LogP contribution in [0.5, 0.6) is 5.75 Å². The zero-order chi connectivity index (χ0) is 12.3. The number of rotatable bonds is 4. The first-order valence-corrected chi connectivity index (χ1v) is 6.11. The van der Waals surface area contributed by atoms with E-state index < -0.39 is 0 Å². The molecule has 0 aliphatic carbocycles. The standard InChI is InChI=1S/C12H17Cl2NO/c1-7(2)3-4-11(15)8-5-9(13)12(16)10(14)6-8/h5-7,11,16H,3-4,15H2,1-2H3/t11-/m0/s1. The number of phenolic OH excluding ortho intramolecular Hbond substituents is 1. The number of benzene rings is 1. The predicted molar refractivity (Wildman–Crippen MR) is 69.1 cm³/mol. The zero-order valence-electron chi connectivity index (χ0n) is 9.50. The monoisotopic (exact) mass is 261 g/mol. The molecule has 0 bridgehead atoms. The quantitative estimate of drug-likeness (QED) is 0.856. The molecule has 0 aliphatic heterocycles. The summed E-state index contributed by atoms with van der Waals surface area (Å²) in [4.78, 5) is 0. The van der Waals surface area contributed by atoms with E-state index in [1.807, 2.05) is 0 Å². The van der Waals surface area contributed by atoms with Crippen LogP contribution in [0.2, 0.25) is 10.0 Å². The lowest BCUT2D eigenvalue weighted by atomic mass is 9.98. The van der Waals surface area contributed by atoms with Crippen LogP contribution < -0.4 is 5.73 Å². The second-order valence-electron chi connectivity index (χ2n) is 4.41. The molecule has 90 valence electrons. The van der Waals surface area contributed by atoms with Gasteiger partial charge in [-0.05, 0) is 36.5 Å². The number of hydrogen-bond acceptors (Lipinski definition) is 2. The molecule has 0 amide bonds. The first-order chi connectivity index (χ1) is 7.41. The van der Waals surface area contributed by atoms with Crippen LogP contribution in [0.25, 0.3) is 0 Å². The summed E-state index contributed by atoms with van der Waals surface area (Å²) in [5.41, 5.74) is 6.90. The molecular formula is C12H17Cl2NO. The maximum Gasteiger partial charge on any atom is 0.152 e. The molecule has 0 radical (unpaired) electrons. The van der Waals surface area contributed by atoms with Gasteiger partial charge in [0.25, 0.3) is 0 Å². The van der Waals surface area contributed by atoms with E-state index in [-0.39, 0.29) is 21.8 Å². The maximum absolute atomic E-state index is 9.43. The molecule has 0 aliphatic rings. The number of halogens is 2. The van der Waals surface area contributed by atoms with Gasteiger partial charge in [-0.2, -0.15) is 0 Å². The topological polar surface area (TPSA) is 46.2 Å². The summed E-state index contributed by atoms with van der Waals surface area (Å²) in [5.74, 6) is 0.539. The minimum absolute atomic E-state index is 0.0804. The van der Waals surface area contributed by atoms with E-state index >= 15 is 0 Å². The van der Waals surface area contributed by atoms with Crippen LogP contribution in [-0.2, 0) is 0 Å². The van der Waals surface area contributed by atoms with Gasteiger partial charge in [-0.1, -0.05) is 37.0 Å². The van der Waals surface area contributed by atoms with E-state index in [1.54, 1.807) is 12.1 Å². The minimum atomic E-state index is -0.0852. The van der Waals surface area contributed by atoms with Crippen LogP contribution in [-0.4, -0.2) is 5.11 Å². The Morgan fingerprint density at radius 3 is 2.12 bits per heavy atom. The van der Waals surface area contributed by atoms with Crippen molar-refractivity contribution in [1.82, 2.24) is 0 Å². The van der Waals surface area contributed by atoms with Gasteiger partial charge < -0.3 is 10.8 Å². The SMILES string of the molecule is CC(C)CC[C@H](N)c1cc(Cl)c(O)c(Cl)c1. The van der Waals surface area contributed by atoms with Crippen molar-refractivity contribution in [1.29, 1.82) is 0 Å². The predicted octanol–water partition coefficient (Wildman–Crippen LogP) is 4.14. The molecule has 16 heavy (non-hydrogen) atoms. The highest BCUT2D eigenvalue weighted by molar-refractivity contribution is 6.37. The van der Waals surface area contributed by atoms with Crippen LogP contribution in [0.4, 0.5) is 0 Å². The highest BCUT2D eigenvalue weighted by atomic mass is 35.5. The number of hydrogen-bond donors (Lipinski definition) is 2. The van der Waals surface area contributed by atoms with Crippen molar-refractivity contribution in [2.45, 2.75) is 32.7 Å². The van der Waals surface area contributed by atoms with Gasteiger partial charge in [-0.3, -0.25) is 0 Å². The van der Waals surface area contributed by atoms with E-state index in [0.29, 0.717) is 5.92 Å². The fourth-order valence-electron chi connectivity index (χ4n) is 1.48. The molecule has 0 saturated heterocycles. The summed E-state index contributed by atoms with van der Waals surface area (Å²) in [7, 11) is 0. The molecule has 3 N–H and O–H groups in total. The lowest BCUT2D eigenvalue weighted by Crippen LogP contribution is -2.11. The lowest BCUT2D eigenvalue weighted by molar-refractivity contribution is 0.474. The number of nitrogens with two attached hydrogens (primary N) is 1. The third kappa shape index (κ3) is 3.55. The molecule has 0 fully saturated rings. The van der Waals surface area contributed by atoms with E-state index in [1.165, 1.54) is 0 Å². The van der Waals surface area contributed by atoms with Crippen LogP contribution >= 0.6 is 23.2 Å². The summed E-state index contributed by atoms with van der Waals surface area (Å²) < 4.78 is 0. The largest absolute Gasteiger partial charge is 0.505 e. The summed E-state index contributed by atoms with van der Waals surface area (Å²) in [6.07, 6.45) is 1.94. The Kier molecular flexibility index (Phi) is 4.90. The molecule has 1 atom stereocenters. The molecule has 1 rings (SSSR count). The Labute approximate surface area is 106 Å². The van der Waals surface area contributed by atoms with E-state index in [4.69, 9.17) is 28.9 Å². The van der Waals surface area contributed by atoms with Crippen LogP contribution in [0.1, 0.15) is 38.3 Å². The van der Waals surface area contributed by atoms with E-state index in [2.05, 4.69) is 13.8 Å². The average Bonchev–Trinajstić information content (AvgIpc) is 2.21. The van der Waals surface area contributed by atoms with Gasteiger partial charge >= 0.3 is 0 Å². The molecule has 2 nitrogen and oxygen atoms in total. The van der Waals surface area contributed by atoms with Gasteiger partial charge in [0.1, 0.15) is 0 Å². The number of phenols is 1. The van der Waals surface area contributed by atoms with E-state index in [0.717, 1.165) is 18.4 Å². The van der Waals surface area contributed by atoms with Crippen molar-refractivity contribution in [3.8, 4) is 5.75 Å². The Morgan fingerprint density at radius 2 is 1.69 bits per heavy atom. The summed E-state index contributed by atoms with van der Waals surface area (Å²) in [6.45, 7) is 4.31. The Balaban J connectivity index is 2.80. The van der Waals surface area contributed by atoms with Crippen LogP contribution in [0.15, 0.2) is 12.1 Å². The second-order valence-corrected chi connectivity index (χ2v) is 5.23. The van der Waals surface area contributed by atoms with Crippen LogP contribution in [0.3, 0.4) is 0 Å². The van der Waals surface area contributed by atoms with Crippen LogP contribution in [0, 0.1) is 5.92 Å². The first-order valence-electron chi connectivity index (χ1n) is 5.35. The fourth-order valence-corrected chi connectivity index (χ4v) is 1.98. The van der Waals surface area contributed by atoms with Crippen molar-refractivity contribution in [3.05, 3.63) is 27.7 Å². The third-order valence-electron chi connectivity index (χ3n) is 2.52. The van der Waals surface area contributed by atoms with Crippen molar-refractivity contribution >= 4 is 23.2 Å². The highest BCUT2D eigenvalue weighted by Crippen LogP contribution is 2.35. The van der Waals surface area contributed by atoms with Gasteiger partial charge in [-0.25, -0.2) is 0 Å². The maximum atomic E-state index is 9.43. The molecule has 0 unspecified atom stereocenters. The molecule has 0 heterocycles. The zero-order valence-corrected chi connectivity index (χ0v) is 11.0. The average molecular weight is 262 g/mol. The van der Waals surface area contributed by atoms with Gasteiger partial charge in [0, 0.05) is 6.04 Å². The van der Waals surface area contributed by atoms with Crippen molar-refractivity contribution in [2.24, 2.45) is 11.7 Å². The second kappa shape index (κ2) is 5.76. The number of aromatic hydroxyl groups is 1. The minimum Gasteiger partial charge on any atom is -0.505 e. The summed E-state index contributed by atoms with van der Waals surface area (Å²) >= 11 is 11.7. The van der Waals surface area contributed by atoms with Gasteiger partial charge in [-0.15, -0.1) is 0 Å². The smallest absolute Gasteiger partial charge is 0.152 e. The Bertz CT molecular complexity index is 343. The molecule has 1 aromatic rings. The molecule has 0 aromatic heterocycles. The Hall–Kier alpha value is -0.440. The molecule has 0 spiro atoms. The van der Waals surface area contributed by atoms with Gasteiger partial charge in [0.05, 0.1) is 10.0 Å². The highest BCUT2D eigenvalue weighted by Gasteiger charge is 2.12. The van der Waals surface area contributed by atoms with Gasteiger partial charge in [0.2, 0.25) is 0 Å². The summed E-state index contributed by atoms with van der Waals surface area (Å²) in [5, 5.41) is 9.93. The van der Waals surface area contributed by atoms with Crippen molar-refractivity contribution in [3.63, 3.8) is 0 Å².